The number of H-pyrrole nitrogens is 1. The summed E-state index contributed by atoms with van der Waals surface area (Å²) in [5, 5.41) is 6.70. The molecule has 1 aliphatic heterocycles. The number of rotatable bonds is 2. The minimum atomic E-state index is -0.212. The lowest BCUT2D eigenvalue weighted by Gasteiger charge is -2.34. The molecule has 2 rings (SSSR count). The molecule has 0 bridgehead atoms. The fraction of sp³-hybridized carbons (Fsp3) is 0.583. The Labute approximate surface area is 100 Å². The molecule has 2 amide bonds. The average molecular weight is 235 g/mol. The van der Waals surface area contributed by atoms with Crippen LogP contribution in [0.5, 0.6) is 0 Å². The molecule has 0 unspecified atom stereocenters. The Morgan fingerprint density at radius 3 is 2.41 bits per heavy atom. The molecule has 17 heavy (non-hydrogen) atoms. The van der Waals surface area contributed by atoms with Crippen LogP contribution in [0.1, 0.15) is 37.9 Å². The van der Waals surface area contributed by atoms with Gasteiger partial charge in [-0.1, -0.05) is 13.8 Å². The molecule has 1 fully saturated rings. The van der Waals surface area contributed by atoms with E-state index < -0.39 is 0 Å². The molecule has 0 atom stereocenters. The van der Waals surface area contributed by atoms with E-state index in [9.17, 15) is 9.59 Å². The first-order valence-corrected chi connectivity index (χ1v) is 5.71. The van der Waals surface area contributed by atoms with Crippen molar-refractivity contribution in [3.8, 4) is 0 Å². The van der Waals surface area contributed by atoms with Crippen LogP contribution >= 0.6 is 0 Å². The minimum absolute atomic E-state index is 0.0909. The molecule has 5 heteroatoms. The van der Waals surface area contributed by atoms with Crippen molar-refractivity contribution in [3.05, 3.63) is 17.5 Å². The highest BCUT2D eigenvalue weighted by Crippen LogP contribution is 2.32. The number of piperidine rings is 1. The smallest absolute Gasteiger partial charge is 0.230 e. The summed E-state index contributed by atoms with van der Waals surface area (Å²) in [6.45, 7) is 6.10. The maximum absolute atomic E-state index is 11.9. The molecule has 1 aromatic rings. The van der Waals surface area contributed by atoms with Crippen molar-refractivity contribution in [2.75, 3.05) is 0 Å². The largest absolute Gasteiger partial charge is 0.283 e. The highest BCUT2D eigenvalue weighted by molar-refractivity contribution is 5.98. The lowest BCUT2D eigenvalue weighted by atomic mass is 9.81. The lowest BCUT2D eigenvalue weighted by molar-refractivity contribution is -0.153. The monoisotopic (exact) mass is 235 g/mol. The molecule has 2 heterocycles. The van der Waals surface area contributed by atoms with Crippen LogP contribution in [0.4, 0.5) is 0 Å². The molecule has 0 aliphatic carbocycles. The minimum Gasteiger partial charge on any atom is -0.283 e. The van der Waals surface area contributed by atoms with Gasteiger partial charge in [-0.3, -0.25) is 19.6 Å². The van der Waals surface area contributed by atoms with Gasteiger partial charge in [-0.2, -0.15) is 5.10 Å². The van der Waals surface area contributed by atoms with Gasteiger partial charge in [-0.05, 0) is 12.3 Å². The van der Waals surface area contributed by atoms with Crippen molar-refractivity contribution in [1.82, 2.24) is 15.1 Å². The zero-order valence-electron chi connectivity index (χ0n) is 10.4. The lowest BCUT2D eigenvalue weighted by Crippen LogP contribution is -2.45. The van der Waals surface area contributed by atoms with E-state index in [2.05, 4.69) is 10.2 Å². The van der Waals surface area contributed by atoms with E-state index in [1.165, 1.54) is 4.90 Å². The fourth-order valence-electron chi connectivity index (χ4n) is 2.09. The topological polar surface area (TPSA) is 66.1 Å². The third kappa shape index (κ3) is 2.38. The summed E-state index contributed by atoms with van der Waals surface area (Å²) in [5.41, 5.74) is 1.58. The van der Waals surface area contributed by atoms with Crippen molar-refractivity contribution in [1.29, 1.82) is 0 Å². The predicted octanol–water partition coefficient (Wildman–Crippen LogP) is 1.39. The highest BCUT2D eigenvalue weighted by atomic mass is 16.2. The Balaban J connectivity index is 2.15. The van der Waals surface area contributed by atoms with Gasteiger partial charge in [0.2, 0.25) is 11.8 Å². The van der Waals surface area contributed by atoms with Crippen LogP contribution in [0.2, 0.25) is 0 Å². The van der Waals surface area contributed by atoms with Crippen LogP contribution in [-0.4, -0.2) is 26.9 Å². The Morgan fingerprint density at radius 2 is 1.94 bits per heavy atom. The summed E-state index contributed by atoms with van der Waals surface area (Å²) in [4.78, 5) is 25.2. The van der Waals surface area contributed by atoms with Crippen LogP contribution in [0.3, 0.4) is 0 Å². The second-order valence-electron chi connectivity index (χ2n) is 5.41. The first kappa shape index (κ1) is 11.8. The number of nitrogens with one attached hydrogen (secondary N) is 1. The molecule has 0 spiro atoms. The van der Waals surface area contributed by atoms with E-state index in [1.54, 1.807) is 6.20 Å². The van der Waals surface area contributed by atoms with Crippen LogP contribution in [0.15, 0.2) is 6.20 Å². The molecular weight excluding hydrogens is 218 g/mol. The fourth-order valence-corrected chi connectivity index (χ4v) is 2.09. The first-order valence-electron chi connectivity index (χ1n) is 5.71. The number of amides is 2. The highest BCUT2D eigenvalue weighted by Gasteiger charge is 2.37. The molecule has 1 saturated heterocycles. The van der Waals surface area contributed by atoms with Gasteiger partial charge < -0.3 is 0 Å². The van der Waals surface area contributed by atoms with Gasteiger partial charge in [-0.25, -0.2) is 0 Å². The Bertz CT molecular complexity index is 442. The Morgan fingerprint density at radius 1 is 1.35 bits per heavy atom. The number of likely N-dealkylation sites (tertiary alicyclic amines) is 1. The van der Waals surface area contributed by atoms with E-state index in [0.717, 1.165) is 11.3 Å². The number of carbonyl (C=O) groups excluding carboxylic acids is 2. The number of hydrogen-bond acceptors (Lipinski definition) is 3. The zero-order valence-corrected chi connectivity index (χ0v) is 10.4. The summed E-state index contributed by atoms with van der Waals surface area (Å²) in [5.74, 6) is -0.182. The van der Waals surface area contributed by atoms with Crippen molar-refractivity contribution in [2.45, 2.75) is 40.2 Å². The van der Waals surface area contributed by atoms with Crippen molar-refractivity contribution in [2.24, 2.45) is 5.41 Å². The van der Waals surface area contributed by atoms with Gasteiger partial charge in [0.25, 0.3) is 0 Å². The molecule has 1 aliphatic rings. The van der Waals surface area contributed by atoms with Crippen LogP contribution in [0, 0.1) is 12.3 Å². The summed E-state index contributed by atoms with van der Waals surface area (Å²) < 4.78 is 0. The SMILES string of the molecule is Cc1[nH]ncc1CN1C(=O)CC(C)(C)CC1=O. The van der Waals surface area contributed by atoms with Gasteiger partial charge >= 0.3 is 0 Å². The van der Waals surface area contributed by atoms with E-state index in [-0.39, 0.29) is 17.2 Å². The second kappa shape index (κ2) is 3.98. The van der Waals surface area contributed by atoms with Crippen LogP contribution in [-0.2, 0) is 16.1 Å². The first-order chi connectivity index (χ1) is 7.89. The third-order valence-electron chi connectivity index (χ3n) is 3.12. The molecule has 0 radical (unpaired) electrons. The molecule has 0 aromatic carbocycles. The normalized spacial score (nSPS) is 19.8. The van der Waals surface area contributed by atoms with Crippen LogP contribution < -0.4 is 0 Å². The average Bonchev–Trinajstić information content (AvgIpc) is 2.56. The number of nitrogens with zero attached hydrogens (tertiary/aromatic N) is 2. The summed E-state index contributed by atoms with van der Waals surface area (Å²) in [6, 6.07) is 0. The van der Waals surface area contributed by atoms with Gasteiger partial charge in [0.1, 0.15) is 0 Å². The predicted molar refractivity (Wildman–Crippen MR) is 61.9 cm³/mol. The molecule has 1 N–H and O–H groups in total. The molecule has 5 nitrogen and oxygen atoms in total. The number of aromatic nitrogens is 2. The van der Waals surface area contributed by atoms with Crippen LogP contribution in [0.25, 0.3) is 0 Å². The van der Waals surface area contributed by atoms with Gasteiger partial charge in [-0.15, -0.1) is 0 Å². The maximum atomic E-state index is 11.9. The van der Waals surface area contributed by atoms with Gasteiger partial charge in [0.15, 0.2) is 0 Å². The number of aromatic amines is 1. The number of imide groups is 1. The van der Waals surface area contributed by atoms with Crippen molar-refractivity contribution >= 4 is 11.8 Å². The summed E-state index contributed by atoms with van der Waals surface area (Å²) in [7, 11) is 0. The van der Waals surface area contributed by atoms with E-state index in [4.69, 9.17) is 0 Å². The van der Waals surface area contributed by atoms with E-state index in [1.807, 2.05) is 20.8 Å². The van der Waals surface area contributed by atoms with E-state index in [0.29, 0.717) is 19.4 Å². The second-order valence-corrected chi connectivity index (χ2v) is 5.41. The van der Waals surface area contributed by atoms with E-state index >= 15 is 0 Å². The zero-order chi connectivity index (χ0) is 12.6. The standard InChI is InChI=1S/C12H17N3O2/c1-8-9(6-13-14-8)7-15-10(16)4-12(2,3)5-11(15)17/h6H,4-5,7H2,1-3H3,(H,13,14). The Hall–Kier alpha value is -1.65. The summed E-state index contributed by atoms with van der Waals surface area (Å²) in [6.07, 6.45) is 2.51. The Kier molecular flexibility index (Phi) is 2.77. The quantitative estimate of drug-likeness (QED) is 0.788. The number of aryl methyl sites for hydroxylation is 1. The number of hydrogen-bond donors (Lipinski definition) is 1. The molecule has 1 aromatic heterocycles. The van der Waals surface area contributed by atoms with Crippen molar-refractivity contribution < 1.29 is 9.59 Å². The van der Waals surface area contributed by atoms with Gasteiger partial charge in [0.05, 0.1) is 12.7 Å². The van der Waals surface area contributed by atoms with Gasteiger partial charge in [0, 0.05) is 24.1 Å². The molecule has 0 saturated carbocycles. The molecule has 92 valence electrons. The third-order valence-corrected chi connectivity index (χ3v) is 3.12. The molecular formula is C12H17N3O2. The maximum Gasteiger partial charge on any atom is 0.230 e. The number of carbonyl (C=O) groups is 2. The van der Waals surface area contributed by atoms with Crippen molar-refractivity contribution in [3.63, 3.8) is 0 Å². The summed E-state index contributed by atoms with van der Waals surface area (Å²) >= 11 is 0.